The molecule has 0 aliphatic carbocycles. The highest BCUT2D eigenvalue weighted by atomic mass is 16.2. The number of carbonyl (C=O) groups excluding carboxylic acids is 3. The summed E-state index contributed by atoms with van der Waals surface area (Å²) in [5.41, 5.74) is 2.17. The van der Waals surface area contributed by atoms with Gasteiger partial charge >= 0.3 is 0 Å². The van der Waals surface area contributed by atoms with E-state index in [0.29, 0.717) is 23.0 Å². The Morgan fingerprint density at radius 3 is 2.65 bits per heavy atom. The van der Waals surface area contributed by atoms with Gasteiger partial charge in [0.25, 0.3) is 11.8 Å². The molecule has 1 aliphatic rings. The maximum atomic E-state index is 12.4. The fourth-order valence-corrected chi connectivity index (χ4v) is 2.32. The van der Waals surface area contributed by atoms with Gasteiger partial charge in [-0.15, -0.1) is 0 Å². The molecule has 0 atom stereocenters. The van der Waals surface area contributed by atoms with E-state index in [1.807, 2.05) is 12.1 Å². The Morgan fingerprint density at radius 2 is 1.90 bits per heavy atom. The lowest BCUT2D eigenvalue weighted by atomic mass is 10.1. The minimum Gasteiger partial charge on any atom is -0.298 e. The zero-order chi connectivity index (χ0) is 14.1. The predicted molar refractivity (Wildman–Crippen MR) is 72.5 cm³/mol. The van der Waals surface area contributed by atoms with Crippen molar-refractivity contribution in [2.75, 3.05) is 0 Å². The second-order valence-electron chi connectivity index (χ2n) is 4.60. The van der Waals surface area contributed by atoms with Crippen LogP contribution in [0.1, 0.15) is 36.6 Å². The number of amides is 2. The van der Waals surface area contributed by atoms with E-state index in [-0.39, 0.29) is 18.4 Å². The van der Waals surface area contributed by atoms with Gasteiger partial charge in [0.2, 0.25) is 0 Å². The number of fused-ring (bicyclic) bond motifs is 1. The van der Waals surface area contributed by atoms with E-state index in [4.69, 9.17) is 0 Å². The van der Waals surface area contributed by atoms with Crippen molar-refractivity contribution in [3.8, 4) is 0 Å². The van der Waals surface area contributed by atoms with Crippen LogP contribution in [-0.4, -0.2) is 23.0 Å². The Morgan fingerprint density at radius 1 is 1.10 bits per heavy atom. The first-order valence-electron chi connectivity index (χ1n) is 6.20. The summed E-state index contributed by atoms with van der Waals surface area (Å²) < 4.78 is 0. The first kappa shape index (κ1) is 12.3. The lowest BCUT2D eigenvalue weighted by Gasteiger charge is -2.13. The van der Waals surface area contributed by atoms with Gasteiger partial charge < -0.3 is 0 Å². The highest BCUT2D eigenvalue weighted by molar-refractivity contribution is 6.12. The SMILES string of the molecule is O=Cc1cccc(C(=O)N2Cc3ccccc3C2=O)c1. The molecule has 1 aliphatic heterocycles. The Hall–Kier alpha value is -2.75. The number of benzene rings is 2. The van der Waals surface area contributed by atoms with Crippen molar-refractivity contribution in [1.29, 1.82) is 0 Å². The number of rotatable bonds is 2. The van der Waals surface area contributed by atoms with Gasteiger partial charge in [-0.3, -0.25) is 19.3 Å². The topological polar surface area (TPSA) is 54.5 Å². The predicted octanol–water partition coefficient (Wildman–Crippen LogP) is 2.30. The molecule has 0 bridgehead atoms. The minimum absolute atomic E-state index is 0.277. The molecule has 2 aromatic rings. The fourth-order valence-electron chi connectivity index (χ4n) is 2.32. The third-order valence-electron chi connectivity index (χ3n) is 3.34. The van der Waals surface area contributed by atoms with Gasteiger partial charge in [-0.2, -0.15) is 0 Å². The molecule has 0 fully saturated rings. The van der Waals surface area contributed by atoms with Crippen LogP contribution in [0.15, 0.2) is 48.5 Å². The van der Waals surface area contributed by atoms with Crippen LogP contribution < -0.4 is 0 Å². The highest BCUT2D eigenvalue weighted by Gasteiger charge is 2.32. The molecular weight excluding hydrogens is 254 g/mol. The van der Waals surface area contributed by atoms with Crippen molar-refractivity contribution in [3.05, 3.63) is 70.8 Å². The van der Waals surface area contributed by atoms with Crippen LogP contribution in [0, 0.1) is 0 Å². The fraction of sp³-hybridized carbons (Fsp3) is 0.0625. The lowest BCUT2D eigenvalue weighted by molar-refractivity contribution is 0.0631. The number of hydrogen-bond donors (Lipinski definition) is 0. The van der Waals surface area contributed by atoms with Crippen LogP contribution in [0.3, 0.4) is 0 Å². The summed E-state index contributed by atoms with van der Waals surface area (Å²) in [6.45, 7) is 0.277. The molecule has 0 aromatic heterocycles. The van der Waals surface area contributed by atoms with Gasteiger partial charge in [-0.1, -0.05) is 30.3 Å². The van der Waals surface area contributed by atoms with E-state index < -0.39 is 0 Å². The van der Waals surface area contributed by atoms with Crippen LogP contribution >= 0.6 is 0 Å². The van der Waals surface area contributed by atoms with Gasteiger partial charge in [-0.05, 0) is 23.8 Å². The van der Waals surface area contributed by atoms with Gasteiger partial charge in [0, 0.05) is 16.7 Å². The Bertz CT molecular complexity index is 721. The summed E-state index contributed by atoms with van der Waals surface area (Å²) in [5.74, 6) is -0.669. The van der Waals surface area contributed by atoms with Crippen LogP contribution in [0.25, 0.3) is 0 Å². The summed E-state index contributed by atoms with van der Waals surface area (Å²) in [5, 5.41) is 0. The quantitative estimate of drug-likeness (QED) is 0.618. The molecule has 0 saturated carbocycles. The molecule has 0 N–H and O–H groups in total. The lowest BCUT2D eigenvalue weighted by Crippen LogP contribution is -2.31. The first-order valence-corrected chi connectivity index (χ1v) is 6.20. The third-order valence-corrected chi connectivity index (χ3v) is 3.34. The molecule has 0 radical (unpaired) electrons. The number of hydrogen-bond acceptors (Lipinski definition) is 3. The molecule has 2 aromatic carbocycles. The number of imide groups is 1. The van der Waals surface area contributed by atoms with Gasteiger partial charge in [0.1, 0.15) is 6.29 Å². The monoisotopic (exact) mass is 265 g/mol. The van der Waals surface area contributed by atoms with E-state index in [0.717, 1.165) is 5.56 Å². The molecule has 2 amide bonds. The molecule has 4 heteroatoms. The molecule has 0 unspecified atom stereocenters. The van der Waals surface area contributed by atoms with Crippen LogP contribution in [0.5, 0.6) is 0 Å². The van der Waals surface area contributed by atoms with Crippen molar-refractivity contribution < 1.29 is 14.4 Å². The zero-order valence-electron chi connectivity index (χ0n) is 10.6. The van der Waals surface area contributed by atoms with E-state index in [9.17, 15) is 14.4 Å². The van der Waals surface area contributed by atoms with Crippen molar-refractivity contribution in [3.63, 3.8) is 0 Å². The Labute approximate surface area is 115 Å². The summed E-state index contributed by atoms with van der Waals surface area (Å²) in [4.78, 5) is 36.5. The van der Waals surface area contributed by atoms with Crippen LogP contribution in [0.2, 0.25) is 0 Å². The van der Waals surface area contributed by atoms with E-state index in [1.54, 1.807) is 30.3 Å². The number of nitrogens with zero attached hydrogens (tertiary/aromatic N) is 1. The average Bonchev–Trinajstić information content (AvgIpc) is 2.84. The smallest absolute Gasteiger partial charge is 0.261 e. The van der Waals surface area contributed by atoms with Crippen molar-refractivity contribution in [1.82, 2.24) is 4.90 Å². The first-order chi connectivity index (χ1) is 9.70. The summed E-state index contributed by atoms with van der Waals surface area (Å²) in [7, 11) is 0. The van der Waals surface area contributed by atoms with E-state index in [2.05, 4.69) is 0 Å². The highest BCUT2D eigenvalue weighted by Crippen LogP contribution is 2.24. The molecule has 3 rings (SSSR count). The van der Waals surface area contributed by atoms with Crippen molar-refractivity contribution in [2.45, 2.75) is 6.54 Å². The van der Waals surface area contributed by atoms with Crippen LogP contribution in [-0.2, 0) is 6.54 Å². The summed E-state index contributed by atoms with van der Waals surface area (Å²) in [6.07, 6.45) is 0.678. The number of aldehydes is 1. The Balaban J connectivity index is 1.93. The van der Waals surface area contributed by atoms with Gasteiger partial charge in [0.15, 0.2) is 0 Å². The average molecular weight is 265 g/mol. The third kappa shape index (κ3) is 1.91. The number of carbonyl (C=O) groups is 3. The van der Waals surface area contributed by atoms with Crippen LogP contribution in [0.4, 0.5) is 0 Å². The molecule has 20 heavy (non-hydrogen) atoms. The standard InChI is InChI=1S/C16H11NO3/c18-10-11-4-3-6-12(8-11)15(19)17-9-13-5-1-2-7-14(13)16(17)20/h1-8,10H,9H2. The summed E-state index contributed by atoms with van der Waals surface area (Å²) in [6, 6.07) is 13.5. The van der Waals surface area contributed by atoms with Crippen molar-refractivity contribution >= 4 is 18.1 Å². The maximum absolute atomic E-state index is 12.4. The molecular formula is C16H11NO3. The van der Waals surface area contributed by atoms with Gasteiger partial charge in [-0.25, -0.2) is 0 Å². The molecule has 0 saturated heterocycles. The second-order valence-corrected chi connectivity index (χ2v) is 4.60. The molecule has 1 heterocycles. The molecule has 4 nitrogen and oxygen atoms in total. The van der Waals surface area contributed by atoms with E-state index >= 15 is 0 Å². The minimum atomic E-state index is -0.380. The normalized spacial score (nSPS) is 13.2. The van der Waals surface area contributed by atoms with E-state index in [1.165, 1.54) is 11.0 Å². The molecule has 98 valence electrons. The maximum Gasteiger partial charge on any atom is 0.261 e. The largest absolute Gasteiger partial charge is 0.298 e. The zero-order valence-corrected chi connectivity index (χ0v) is 10.6. The van der Waals surface area contributed by atoms with Crippen molar-refractivity contribution in [2.24, 2.45) is 0 Å². The second kappa shape index (κ2) is 4.74. The molecule has 0 spiro atoms. The summed E-state index contributed by atoms with van der Waals surface area (Å²) >= 11 is 0. The Kier molecular flexibility index (Phi) is 2.91. The van der Waals surface area contributed by atoms with Gasteiger partial charge in [0.05, 0.1) is 6.54 Å².